The van der Waals surface area contributed by atoms with Crippen LogP contribution in [0.25, 0.3) is 0 Å². The Bertz CT molecular complexity index is 441. The van der Waals surface area contributed by atoms with Gasteiger partial charge in [-0.25, -0.2) is 4.79 Å². The summed E-state index contributed by atoms with van der Waals surface area (Å²) in [4.78, 5) is 13.8. The highest BCUT2D eigenvalue weighted by Crippen LogP contribution is 2.21. The minimum absolute atomic E-state index is 0.237. The van der Waals surface area contributed by atoms with Gasteiger partial charge in [-0.1, -0.05) is 0 Å². The van der Waals surface area contributed by atoms with E-state index in [2.05, 4.69) is 4.90 Å². The van der Waals surface area contributed by atoms with Crippen LogP contribution in [-0.4, -0.2) is 42.8 Å². The van der Waals surface area contributed by atoms with Crippen molar-refractivity contribution in [2.45, 2.75) is 26.3 Å². The van der Waals surface area contributed by atoms with Gasteiger partial charge in [-0.2, -0.15) is 0 Å². The van der Waals surface area contributed by atoms with Gasteiger partial charge in [-0.15, -0.1) is 0 Å². The first-order valence-electron chi connectivity index (χ1n) is 6.65. The van der Waals surface area contributed by atoms with E-state index in [4.69, 9.17) is 9.15 Å². The number of hydrogen-bond donors (Lipinski definition) is 1. The fourth-order valence-corrected chi connectivity index (χ4v) is 2.60. The van der Waals surface area contributed by atoms with Crippen LogP contribution in [0.4, 0.5) is 0 Å². The molecule has 0 radical (unpaired) electrons. The third kappa shape index (κ3) is 3.36. The maximum Gasteiger partial charge on any atom is 0.341 e. The molecule has 1 aliphatic rings. The van der Waals surface area contributed by atoms with Gasteiger partial charge in [0.2, 0.25) is 0 Å². The number of aliphatic hydroxyl groups is 1. The Labute approximate surface area is 113 Å². The summed E-state index contributed by atoms with van der Waals surface area (Å²) in [5, 5.41) is 9.22. The lowest BCUT2D eigenvalue weighted by molar-refractivity contribution is 0.0599. The van der Waals surface area contributed by atoms with Crippen molar-refractivity contribution in [3.8, 4) is 0 Å². The number of ether oxygens (including phenoxy) is 1. The molecule has 1 aromatic heterocycles. The molecule has 0 aliphatic carbocycles. The third-order valence-electron chi connectivity index (χ3n) is 3.61. The first-order valence-corrected chi connectivity index (χ1v) is 6.65. The largest absolute Gasteiger partial charge is 0.465 e. The number of aliphatic hydroxyl groups excluding tert-OH is 1. The number of carbonyl (C=O) groups is 1. The number of rotatable bonds is 4. The van der Waals surface area contributed by atoms with E-state index in [9.17, 15) is 9.90 Å². The fraction of sp³-hybridized carbons (Fsp3) is 0.643. The molecule has 1 unspecified atom stereocenters. The van der Waals surface area contributed by atoms with E-state index in [1.165, 1.54) is 7.11 Å². The van der Waals surface area contributed by atoms with Crippen LogP contribution in [0.2, 0.25) is 0 Å². The standard InChI is InChI=1S/C14H21NO4/c1-10-13(14(17)18-2)6-12(19-10)8-15-5-3-4-11(7-15)9-16/h6,11,16H,3-5,7-9H2,1-2H3. The van der Waals surface area contributed by atoms with Crippen molar-refractivity contribution in [2.24, 2.45) is 5.92 Å². The number of likely N-dealkylation sites (tertiary alicyclic amines) is 1. The average Bonchev–Trinajstić information content (AvgIpc) is 2.79. The first kappa shape index (κ1) is 14.1. The van der Waals surface area contributed by atoms with Gasteiger partial charge in [0.1, 0.15) is 17.1 Å². The third-order valence-corrected chi connectivity index (χ3v) is 3.61. The first-order chi connectivity index (χ1) is 9.13. The van der Waals surface area contributed by atoms with Gasteiger partial charge in [0.15, 0.2) is 0 Å². The Morgan fingerprint density at radius 1 is 1.63 bits per heavy atom. The summed E-state index contributed by atoms with van der Waals surface area (Å²) in [6.07, 6.45) is 2.17. The molecule has 1 aromatic rings. The van der Waals surface area contributed by atoms with E-state index in [-0.39, 0.29) is 12.6 Å². The van der Waals surface area contributed by atoms with Crippen LogP contribution in [-0.2, 0) is 11.3 Å². The van der Waals surface area contributed by atoms with Crippen LogP contribution < -0.4 is 0 Å². The molecule has 1 saturated heterocycles. The number of hydrogen-bond acceptors (Lipinski definition) is 5. The quantitative estimate of drug-likeness (QED) is 0.839. The number of aryl methyl sites for hydroxylation is 1. The highest BCUT2D eigenvalue weighted by molar-refractivity contribution is 5.90. The second kappa shape index (κ2) is 6.21. The zero-order valence-electron chi connectivity index (χ0n) is 11.5. The molecule has 5 nitrogen and oxygen atoms in total. The lowest BCUT2D eigenvalue weighted by Gasteiger charge is -2.30. The van der Waals surface area contributed by atoms with Crippen LogP contribution in [0.15, 0.2) is 10.5 Å². The van der Waals surface area contributed by atoms with Gasteiger partial charge < -0.3 is 14.3 Å². The van der Waals surface area contributed by atoms with Crippen LogP contribution in [0.3, 0.4) is 0 Å². The molecule has 0 amide bonds. The Balaban J connectivity index is 2.01. The lowest BCUT2D eigenvalue weighted by Crippen LogP contribution is -2.36. The van der Waals surface area contributed by atoms with Crippen molar-refractivity contribution in [3.63, 3.8) is 0 Å². The van der Waals surface area contributed by atoms with Crippen molar-refractivity contribution >= 4 is 5.97 Å². The Morgan fingerprint density at radius 2 is 2.42 bits per heavy atom. The number of piperidine rings is 1. The van der Waals surface area contributed by atoms with E-state index in [0.29, 0.717) is 23.8 Å². The number of carbonyl (C=O) groups excluding carboxylic acids is 1. The minimum atomic E-state index is -0.362. The van der Waals surface area contributed by atoms with E-state index in [1.807, 2.05) is 0 Å². The summed E-state index contributed by atoms with van der Waals surface area (Å²) in [7, 11) is 1.37. The van der Waals surface area contributed by atoms with Crippen molar-refractivity contribution in [2.75, 3.05) is 26.8 Å². The molecular weight excluding hydrogens is 246 g/mol. The summed E-state index contributed by atoms with van der Waals surface area (Å²) >= 11 is 0. The monoisotopic (exact) mass is 267 g/mol. The molecule has 0 aromatic carbocycles. The van der Waals surface area contributed by atoms with E-state index >= 15 is 0 Å². The molecule has 106 valence electrons. The van der Waals surface area contributed by atoms with Crippen LogP contribution >= 0.6 is 0 Å². The number of methoxy groups -OCH3 is 1. The van der Waals surface area contributed by atoms with Crippen molar-refractivity contribution in [1.82, 2.24) is 4.90 Å². The lowest BCUT2D eigenvalue weighted by atomic mass is 9.99. The van der Waals surface area contributed by atoms with Gasteiger partial charge in [0.05, 0.1) is 13.7 Å². The molecule has 1 atom stereocenters. The van der Waals surface area contributed by atoms with Crippen LogP contribution in [0.5, 0.6) is 0 Å². The van der Waals surface area contributed by atoms with Gasteiger partial charge in [-0.05, 0) is 38.3 Å². The predicted molar refractivity (Wildman–Crippen MR) is 69.9 cm³/mol. The van der Waals surface area contributed by atoms with E-state index < -0.39 is 0 Å². The van der Waals surface area contributed by atoms with Gasteiger partial charge in [0, 0.05) is 13.2 Å². The van der Waals surface area contributed by atoms with Gasteiger partial charge in [0.25, 0.3) is 0 Å². The van der Waals surface area contributed by atoms with E-state index in [0.717, 1.165) is 31.7 Å². The molecular formula is C14H21NO4. The smallest absolute Gasteiger partial charge is 0.341 e. The Hall–Kier alpha value is -1.33. The summed E-state index contributed by atoms with van der Waals surface area (Å²) < 4.78 is 10.3. The highest BCUT2D eigenvalue weighted by atomic mass is 16.5. The van der Waals surface area contributed by atoms with Crippen molar-refractivity contribution in [3.05, 3.63) is 23.2 Å². The SMILES string of the molecule is COC(=O)c1cc(CN2CCCC(CO)C2)oc1C. The second-order valence-electron chi connectivity index (χ2n) is 5.10. The topological polar surface area (TPSA) is 62.9 Å². The van der Waals surface area contributed by atoms with Crippen LogP contribution in [0, 0.1) is 12.8 Å². The van der Waals surface area contributed by atoms with Crippen molar-refractivity contribution < 1.29 is 19.1 Å². The van der Waals surface area contributed by atoms with Crippen molar-refractivity contribution in [1.29, 1.82) is 0 Å². The molecule has 0 spiro atoms. The summed E-state index contributed by atoms with van der Waals surface area (Å²) in [5.74, 6) is 1.36. The van der Waals surface area contributed by atoms with Crippen LogP contribution in [0.1, 0.15) is 34.7 Å². The Morgan fingerprint density at radius 3 is 3.11 bits per heavy atom. The molecule has 1 N–H and O–H groups in total. The zero-order chi connectivity index (χ0) is 13.8. The predicted octanol–water partition coefficient (Wildman–Crippen LogP) is 1.58. The van der Waals surface area contributed by atoms with E-state index in [1.54, 1.807) is 13.0 Å². The maximum absolute atomic E-state index is 11.5. The molecule has 1 fully saturated rings. The molecule has 0 bridgehead atoms. The molecule has 1 aliphatic heterocycles. The highest BCUT2D eigenvalue weighted by Gasteiger charge is 2.22. The maximum atomic E-state index is 11.5. The number of nitrogens with zero attached hydrogens (tertiary/aromatic N) is 1. The summed E-state index contributed by atoms with van der Waals surface area (Å²) in [6.45, 7) is 4.56. The molecule has 0 saturated carbocycles. The van der Waals surface area contributed by atoms with Gasteiger partial charge >= 0.3 is 5.97 Å². The average molecular weight is 267 g/mol. The molecule has 2 rings (SSSR count). The molecule has 2 heterocycles. The summed E-state index contributed by atoms with van der Waals surface area (Å²) in [5.41, 5.74) is 0.494. The summed E-state index contributed by atoms with van der Waals surface area (Å²) in [6, 6.07) is 1.75. The molecule has 5 heteroatoms. The zero-order valence-corrected chi connectivity index (χ0v) is 11.5. The fourth-order valence-electron chi connectivity index (χ4n) is 2.60. The second-order valence-corrected chi connectivity index (χ2v) is 5.10. The Kier molecular flexibility index (Phi) is 4.61. The number of esters is 1. The minimum Gasteiger partial charge on any atom is -0.465 e. The van der Waals surface area contributed by atoms with Gasteiger partial charge in [-0.3, -0.25) is 4.90 Å². The normalized spacial score (nSPS) is 20.5. The number of furan rings is 1. The molecule has 19 heavy (non-hydrogen) atoms.